The molecule has 0 unspecified atom stereocenters. The summed E-state index contributed by atoms with van der Waals surface area (Å²) >= 11 is 0. The highest BCUT2D eigenvalue weighted by molar-refractivity contribution is 5.79. The van der Waals surface area contributed by atoms with E-state index in [0.29, 0.717) is 25.8 Å². The maximum absolute atomic E-state index is 12.8. The molecular weight excluding hydrogens is 258 g/mol. The van der Waals surface area contributed by atoms with Gasteiger partial charge in [0, 0.05) is 32.8 Å². The first-order valence-electron chi connectivity index (χ1n) is 7.62. The van der Waals surface area contributed by atoms with Crippen molar-refractivity contribution in [2.75, 3.05) is 53.1 Å². The number of carbonyl (C=O) groups excluding carboxylic acids is 1. The molecule has 20 heavy (non-hydrogen) atoms. The van der Waals surface area contributed by atoms with Crippen LogP contribution in [0, 0.1) is 0 Å². The maximum Gasteiger partial charge on any atom is 0.321 e. The normalized spacial score (nSPS) is 31.8. The number of amides is 2. The number of nitrogens with one attached hydrogen (secondary N) is 1. The minimum atomic E-state index is -0.0904. The van der Waals surface area contributed by atoms with Crippen molar-refractivity contribution in [1.29, 1.82) is 0 Å². The molecule has 0 aliphatic carbocycles. The number of carbonyl (C=O) groups is 1. The second kappa shape index (κ2) is 5.87. The number of hydrogen-bond acceptors (Lipinski definition) is 4. The molecule has 0 radical (unpaired) electrons. The van der Waals surface area contributed by atoms with Crippen LogP contribution < -0.4 is 5.32 Å². The summed E-state index contributed by atoms with van der Waals surface area (Å²) in [5.74, 6) is 0. The number of ether oxygens (including phenoxy) is 2. The molecule has 1 spiro atoms. The van der Waals surface area contributed by atoms with Gasteiger partial charge in [0.25, 0.3) is 0 Å². The summed E-state index contributed by atoms with van der Waals surface area (Å²) in [5, 5.41) is 3.37. The largest absolute Gasteiger partial charge is 0.383 e. The SMILES string of the molecule is COCCN1C[C@@]2(CCOC2)N(C2CCNCC2)C1=O. The molecule has 3 aliphatic heterocycles. The molecule has 0 aromatic carbocycles. The van der Waals surface area contributed by atoms with Crippen molar-refractivity contribution in [2.45, 2.75) is 30.8 Å². The third-order valence-corrected chi connectivity index (χ3v) is 4.79. The number of urea groups is 1. The van der Waals surface area contributed by atoms with Crippen molar-refractivity contribution in [3.63, 3.8) is 0 Å². The van der Waals surface area contributed by atoms with Gasteiger partial charge in [-0.2, -0.15) is 0 Å². The van der Waals surface area contributed by atoms with E-state index in [4.69, 9.17) is 9.47 Å². The summed E-state index contributed by atoms with van der Waals surface area (Å²) in [7, 11) is 1.68. The van der Waals surface area contributed by atoms with Crippen LogP contribution in [-0.4, -0.2) is 80.5 Å². The van der Waals surface area contributed by atoms with Gasteiger partial charge in [0.2, 0.25) is 0 Å². The Hall–Kier alpha value is -0.850. The van der Waals surface area contributed by atoms with Crippen molar-refractivity contribution in [3.8, 4) is 0 Å². The van der Waals surface area contributed by atoms with Crippen LogP contribution >= 0.6 is 0 Å². The van der Waals surface area contributed by atoms with Crippen molar-refractivity contribution in [1.82, 2.24) is 15.1 Å². The van der Waals surface area contributed by atoms with Gasteiger partial charge < -0.3 is 24.6 Å². The zero-order valence-corrected chi connectivity index (χ0v) is 12.3. The monoisotopic (exact) mass is 283 g/mol. The Kier molecular flexibility index (Phi) is 4.14. The van der Waals surface area contributed by atoms with Gasteiger partial charge in [-0.05, 0) is 32.4 Å². The third-order valence-electron chi connectivity index (χ3n) is 4.79. The molecular formula is C14H25N3O3. The Labute approximate surface area is 120 Å². The number of rotatable bonds is 4. The van der Waals surface area contributed by atoms with Gasteiger partial charge in [0.15, 0.2) is 0 Å². The lowest BCUT2D eigenvalue weighted by Crippen LogP contribution is -2.55. The van der Waals surface area contributed by atoms with Gasteiger partial charge in [-0.3, -0.25) is 0 Å². The number of hydrogen-bond donors (Lipinski definition) is 1. The van der Waals surface area contributed by atoms with E-state index in [1.807, 2.05) is 4.90 Å². The van der Waals surface area contributed by atoms with Gasteiger partial charge >= 0.3 is 6.03 Å². The third kappa shape index (κ3) is 2.40. The lowest BCUT2D eigenvalue weighted by molar-refractivity contribution is 0.0807. The van der Waals surface area contributed by atoms with Crippen LogP contribution in [0.3, 0.4) is 0 Å². The molecule has 6 nitrogen and oxygen atoms in total. The summed E-state index contributed by atoms with van der Waals surface area (Å²) in [6.07, 6.45) is 3.06. The van der Waals surface area contributed by atoms with E-state index in [2.05, 4.69) is 10.2 Å². The van der Waals surface area contributed by atoms with Gasteiger partial charge in [0.05, 0.1) is 18.8 Å². The standard InChI is InChI=1S/C14H25N3O3/c1-19-9-7-16-10-14(4-8-20-11-14)17(13(16)18)12-2-5-15-6-3-12/h12,15H,2-11H2,1H3/t14-/m1/s1. The number of methoxy groups -OCH3 is 1. The summed E-state index contributed by atoms with van der Waals surface area (Å²) in [6, 6.07) is 0.539. The molecule has 1 N–H and O–H groups in total. The first-order chi connectivity index (χ1) is 9.77. The van der Waals surface area contributed by atoms with E-state index in [1.165, 1.54) is 0 Å². The average Bonchev–Trinajstić information content (AvgIpc) is 3.04. The van der Waals surface area contributed by atoms with E-state index in [0.717, 1.165) is 45.5 Å². The lowest BCUT2D eigenvalue weighted by atomic mass is 9.93. The Morgan fingerprint density at radius 3 is 2.90 bits per heavy atom. The van der Waals surface area contributed by atoms with Crippen LogP contribution in [0.1, 0.15) is 19.3 Å². The van der Waals surface area contributed by atoms with Gasteiger partial charge in [0.1, 0.15) is 0 Å². The Balaban J connectivity index is 1.78. The summed E-state index contributed by atoms with van der Waals surface area (Å²) in [5.41, 5.74) is -0.0904. The van der Waals surface area contributed by atoms with Crippen molar-refractivity contribution >= 4 is 6.03 Å². The molecule has 3 heterocycles. The molecule has 3 rings (SSSR count). The van der Waals surface area contributed by atoms with Gasteiger partial charge in [-0.1, -0.05) is 0 Å². The van der Waals surface area contributed by atoms with Crippen LogP contribution in [0.5, 0.6) is 0 Å². The fraction of sp³-hybridized carbons (Fsp3) is 0.929. The van der Waals surface area contributed by atoms with E-state index in [-0.39, 0.29) is 11.6 Å². The molecule has 2 amide bonds. The van der Waals surface area contributed by atoms with Crippen LogP contribution in [-0.2, 0) is 9.47 Å². The fourth-order valence-corrected chi connectivity index (χ4v) is 3.75. The van der Waals surface area contributed by atoms with Gasteiger partial charge in [-0.25, -0.2) is 4.79 Å². The molecule has 3 aliphatic rings. The molecule has 0 aromatic heterocycles. The Morgan fingerprint density at radius 2 is 2.25 bits per heavy atom. The molecule has 3 fully saturated rings. The minimum Gasteiger partial charge on any atom is -0.383 e. The Morgan fingerprint density at radius 1 is 1.45 bits per heavy atom. The molecule has 0 aromatic rings. The molecule has 3 saturated heterocycles. The average molecular weight is 283 g/mol. The second-order valence-electron chi connectivity index (χ2n) is 6.08. The highest BCUT2D eigenvalue weighted by atomic mass is 16.5. The first kappa shape index (κ1) is 14.1. The highest BCUT2D eigenvalue weighted by Gasteiger charge is 2.53. The summed E-state index contributed by atoms with van der Waals surface area (Å²) < 4.78 is 10.8. The fourth-order valence-electron chi connectivity index (χ4n) is 3.75. The second-order valence-corrected chi connectivity index (χ2v) is 6.08. The zero-order chi connectivity index (χ0) is 14.0. The molecule has 6 heteroatoms. The van der Waals surface area contributed by atoms with E-state index >= 15 is 0 Å². The highest BCUT2D eigenvalue weighted by Crippen LogP contribution is 2.37. The maximum atomic E-state index is 12.8. The zero-order valence-electron chi connectivity index (χ0n) is 12.3. The van der Waals surface area contributed by atoms with E-state index < -0.39 is 0 Å². The van der Waals surface area contributed by atoms with Crippen LogP contribution in [0.2, 0.25) is 0 Å². The smallest absolute Gasteiger partial charge is 0.321 e. The van der Waals surface area contributed by atoms with E-state index in [9.17, 15) is 4.79 Å². The van der Waals surface area contributed by atoms with Crippen molar-refractivity contribution in [2.24, 2.45) is 0 Å². The van der Waals surface area contributed by atoms with Crippen molar-refractivity contribution < 1.29 is 14.3 Å². The molecule has 0 saturated carbocycles. The van der Waals surface area contributed by atoms with Crippen LogP contribution in [0.15, 0.2) is 0 Å². The molecule has 1 atom stereocenters. The number of piperidine rings is 1. The van der Waals surface area contributed by atoms with Crippen molar-refractivity contribution in [3.05, 3.63) is 0 Å². The topological polar surface area (TPSA) is 54.0 Å². The molecule has 114 valence electrons. The predicted molar refractivity (Wildman–Crippen MR) is 74.7 cm³/mol. The van der Waals surface area contributed by atoms with Crippen LogP contribution in [0.4, 0.5) is 4.79 Å². The number of nitrogens with zero attached hydrogens (tertiary/aromatic N) is 2. The minimum absolute atomic E-state index is 0.0904. The quantitative estimate of drug-likeness (QED) is 0.805. The van der Waals surface area contributed by atoms with Crippen LogP contribution in [0.25, 0.3) is 0 Å². The Bertz CT molecular complexity index is 352. The predicted octanol–water partition coefficient (Wildman–Crippen LogP) is 0.282. The van der Waals surface area contributed by atoms with Gasteiger partial charge in [-0.15, -0.1) is 0 Å². The van der Waals surface area contributed by atoms with E-state index in [1.54, 1.807) is 7.11 Å². The molecule has 0 bridgehead atoms. The summed E-state index contributed by atoms with van der Waals surface area (Å²) in [4.78, 5) is 16.9. The first-order valence-corrected chi connectivity index (χ1v) is 7.62. The lowest BCUT2D eigenvalue weighted by Gasteiger charge is -2.40. The summed E-state index contributed by atoms with van der Waals surface area (Å²) in [6.45, 7) is 5.53.